The predicted octanol–water partition coefficient (Wildman–Crippen LogP) is 0.201. The number of benzene rings is 1. The minimum absolute atomic E-state index is 0.0815. The first-order chi connectivity index (χ1) is 8.99. The molecule has 0 aromatic heterocycles. The predicted molar refractivity (Wildman–Crippen MR) is 70.5 cm³/mol. The summed E-state index contributed by atoms with van der Waals surface area (Å²) in [5.41, 5.74) is 8.85. The van der Waals surface area contributed by atoms with Crippen molar-refractivity contribution >= 4 is 5.91 Å². The van der Waals surface area contributed by atoms with E-state index in [1.165, 1.54) is 12.1 Å². The molecule has 1 fully saturated rings. The van der Waals surface area contributed by atoms with Crippen LogP contribution in [0.15, 0.2) is 24.3 Å². The maximum atomic E-state index is 13.2. The van der Waals surface area contributed by atoms with E-state index < -0.39 is 0 Å². The molecule has 2 rings (SSSR count). The lowest BCUT2D eigenvalue weighted by Crippen LogP contribution is -2.47. The van der Waals surface area contributed by atoms with Gasteiger partial charge in [-0.3, -0.25) is 4.79 Å². The highest BCUT2D eigenvalue weighted by atomic mass is 19.1. The average Bonchev–Trinajstić information content (AvgIpc) is 2.90. The average molecular weight is 266 g/mol. The first-order valence-electron chi connectivity index (χ1n) is 6.26. The van der Waals surface area contributed by atoms with Gasteiger partial charge in [-0.15, -0.1) is 0 Å². The van der Waals surface area contributed by atoms with Crippen LogP contribution in [-0.2, 0) is 10.2 Å². The van der Waals surface area contributed by atoms with Gasteiger partial charge in [-0.05, 0) is 17.7 Å². The molecular formula is C13H19FN4O. The fraction of sp³-hybridized carbons (Fsp3) is 0.462. The van der Waals surface area contributed by atoms with Crippen LogP contribution in [0.4, 0.5) is 4.39 Å². The molecule has 19 heavy (non-hydrogen) atoms. The molecule has 1 aromatic carbocycles. The Bertz CT molecular complexity index is 458. The topological polar surface area (TPSA) is 65.2 Å². The smallest absolute Gasteiger partial charge is 0.239 e. The number of hydrogen-bond acceptors (Lipinski definition) is 4. The monoisotopic (exact) mass is 266 g/mol. The van der Waals surface area contributed by atoms with Gasteiger partial charge in [0.25, 0.3) is 0 Å². The van der Waals surface area contributed by atoms with Crippen molar-refractivity contribution in [2.45, 2.75) is 25.3 Å². The molecule has 1 amide bonds. The zero-order chi connectivity index (χ0) is 13.9. The van der Waals surface area contributed by atoms with E-state index in [0.717, 1.165) is 5.56 Å². The van der Waals surface area contributed by atoms with E-state index in [2.05, 4.69) is 21.7 Å². The lowest BCUT2D eigenvalue weighted by Gasteiger charge is -2.26. The number of rotatable bonds is 4. The molecule has 1 unspecified atom stereocenters. The van der Waals surface area contributed by atoms with Crippen molar-refractivity contribution in [3.63, 3.8) is 0 Å². The molecule has 0 spiro atoms. The standard InChI is InChI=1S/C13H19FN4O/c1-13(2,9-4-3-5-10(14)6-9)8-15-12(19)11-7-16-18-17-11/h3-6,11,16-18H,7-8H2,1-2H3,(H,15,19). The second kappa shape index (κ2) is 5.64. The Balaban J connectivity index is 1.95. The summed E-state index contributed by atoms with van der Waals surface area (Å²) in [4.78, 5) is 11.9. The van der Waals surface area contributed by atoms with Crippen LogP contribution in [0.1, 0.15) is 19.4 Å². The maximum Gasteiger partial charge on any atom is 0.239 e. The Morgan fingerprint density at radius 1 is 1.53 bits per heavy atom. The summed E-state index contributed by atoms with van der Waals surface area (Å²) in [6.45, 7) is 4.93. The van der Waals surface area contributed by atoms with Crippen molar-refractivity contribution in [3.8, 4) is 0 Å². The fourth-order valence-corrected chi connectivity index (χ4v) is 1.94. The van der Waals surface area contributed by atoms with Gasteiger partial charge in [0.2, 0.25) is 5.91 Å². The lowest BCUT2D eigenvalue weighted by molar-refractivity contribution is -0.122. The van der Waals surface area contributed by atoms with Crippen LogP contribution in [0.2, 0.25) is 0 Å². The van der Waals surface area contributed by atoms with E-state index in [-0.39, 0.29) is 23.2 Å². The quantitative estimate of drug-likeness (QED) is 0.629. The fourth-order valence-electron chi connectivity index (χ4n) is 1.94. The van der Waals surface area contributed by atoms with Gasteiger partial charge in [-0.25, -0.2) is 15.2 Å². The summed E-state index contributed by atoms with van der Waals surface area (Å²) in [5.74, 6) is -0.343. The Hall–Kier alpha value is -1.50. The van der Waals surface area contributed by atoms with Crippen molar-refractivity contribution in [2.75, 3.05) is 13.1 Å². The molecule has 1 saturated heterocycles. The van der Waals surface area contributed by atoms with Crippen LogP contribution in [-0.4, -0.2) is 25.0 Å². The zero-order valence-electron chi connectivity index (χ0n) is 11.1. The van der Waals surface area contributed by atoms with Crippen molar-refractivity contribution in [3.05, 3.63) is 35.6 Å². The number of amides is 1. The van der Waals surface area contributed by atoms with Gasteiger partial charge in [0.05, 0.1) is 0 Å². The van der Waals surface area contributed by atoms with Gasteiger partial charge in [-0.2, -0.15) is 5.53 Å². The molecule has 0 radical (unpaired) electrons. The number of hydrogen-bond donors (Lipinski definition) is 4. The second-order valence-corrected chi connectivity index (χ2v) is 5.31. The molecule has 104 valence electrons. The van der Waals surface area contributed by atoms with Crippen molar-refractivity contribution < 1.29 is 9.18 Å². The van der Waals surface area contributed by atoms with Crippen LogP contribution >= 0.6 is 0 Å². The minimum Gasteiger partial charge on any atom is -0.354 e. The molecule has 1 aliphatic rings. The van der Waals surface area contributed by atoms with Gasteiger partial charge in [0, 0.05) is 18.5 Å². The molecule has 4 N–H and O–H groups in total. The SMILES string of the molecule is CC(C)(CNC(=O)C1CNNN1)c1cccc(F)c1. The molecule has 6 heteroatoms. The van der Waals surface area contributed by atoms with Gasteiger partial charge in [0.15, 0.2) is 0 Å². The highest BCUT2D eigenvalue weighted by Gasteiger charge is 2.26. The minimum atomic E-state index is -0.322. The largest absolute Gasteiger partial charge is 0.354 e. The van der Waals surface area contributed by atoms with Crippen molar-refractivity contribution in [1.82, 2.24) is 21.7 Å². The third-order valence-corrected chi connectivity index (χ3v) is 3.27. The first kappa shape index (κ1) is 13.9. The molecule has 1 heterocycles. The number of hydrazine groups is 2. The Morgan fingerprint density at radius 2 is 2.32 bits per heavy atom. The Morgan fingerprint density at radius 3 is 2.95 bits per heavy atom. The van der Waals surface area contributed by atoms with E-state index in [0.29, 0.717) is 13.1 Å². The van der Waals surface area contributed by atoms with E-state index >= 15 is 0 Å². The zero-order valence-corrected chi connectivity index (χ0v) is 11.1. The highest BCUT2D eigenvalue weighted by molar-refractivity contribution is 5.82. The van der Waals surface area contributed by atoms with Crippen LogP contribution in [0.3, 0.4) is 0 Å². The molecule has 5 nitrogen and oxygen atoms in total. The van der Waals surface area contributed by atoms with Crippen molar-refractivity contribution in [1.29, 1.82) is 0 Å². The first-order valence-corrected chi connectivity index (χ1v) is 6.26. The number of halogens is 1. The molecular weight excluding hydrogens is 247 g/mol. The summed E-state index contributed by atoms with van der Waals surface area (Å²) >= 11 is 0. The number of carbonyl (C=O) groups is 1. The summed E-state index contributed by atoms with van der Waals surface area (Å²) in [6.07, 6.45) is 0. The summed E-state index contributed by atoms with van der Waals surface area (Å²) in [5, 5.41) is 2.88. The van der Waals surface area contributed by atoms with Gasteiger partial charge in [-0.1, -0.05) is 26.0 Å². The summed E-state index contributed by atoms with van der Waals surface area (Å²) < 4.78 is 13.2. The third-order valence-electron chi connectivity index (χ3n) is 3.27. The molecule has 1 atom stereocenters. The van der Waals surface area contributed by atoms with E-state index in [1.807, 2.05) is 19.9 Å². The lowest BCUT2D eigenvalue weighted by atomic mass is 9.84. The Kier molecular flexibility index (Phi) is 4.14. The number of carbonyl (C=O) groups excluding carboxylic acids is 1. The maximum absolute atomic E-state index is 13.2. The normalized spacial score (nSPS) is 19.4. The van der Waals surface area contributed by atoms with Crippen LogP contribution < -0.4 is 21.7 Å². The van der Waals surface area contributed by atoms with E-state index in [1.54, 1.807) is 6.07 Å². The van der Waals surface area contributed by atoms with Gasteiger partial charge >= 0.3 is 0 Å². The Labute approximate surface area is 111 Å². The van der Waals surface area contributed by atoms with Gasteiger partial charge < -0.3 is 5.32 Å². The van der Waals surface area contributed by atoms with Crippen LogP contribution in [0.25, 0.3) is 0 Å². The molecule has 0 aliphatic carbocycles. The molecule has 1 aromatic rings. The highest BCUT2D eigenvalue weighted by Crippen LogP contribution is 2.22. The van der Waals surface area contributed by atoms with E-state index in [4.69, 9.17) is 0 Å². The molecule has 0 saturated carbocycles. The van der Waals surface area contributed by atoms with E-state index in [9.17, 15) is 9.18 Å². The summed E-state index contributed by atoms with van der Waals surface area (Å²) in [7, 11) is 0. The van der Waals surface area contributed by atoms with Crippen LogP contribution in [0.5, 0.6) is 0 Å². The van der Waals surface area contributed by atoms with Crippen LogP contribution in [0, 0.1) is 5.82 Å². The number of nitrogens with one attached hydrogen (secondary N) is 4. The summed E-state index contributed by atoms with van der Waals surface area (Å²) in [6, 6.07) is 6.18. The third kappa shape index (κ3) is 3.50. The van der Waals surface area contributed by atoms with Crippen molar-refractivity contribution in [2.24, 2.45) is 0 Å². The second-order valence-electron chi connectivity index (χ2n) is 5.31. The van der Waals surface area contributed by atoms with Gasteiger partial charge in [0.1, 0.15) is 11.9 Å². The molecule has 0 bridgehead atoms. The molecule has 1 aliphatic heterocycles.